The molecule has 3 nitrogen and oxygen atoms in total. The number of hydrogen-bond donors (Lipinski definition) is 2. The molecule has 0 heterocycles. The standard InChI is InChI=1S/C9H15F3N2O.ClH/c10-9(11,12)5-14-8(15)6-2-1-3-7(13)4-6;/h6-7H,1-5,13H2,(H,14,15);1H. The summed E-state index contributed by atoms with van der Waals surface area (Å²) in [6.07, 6.45) is -1.55. The number of alkyl halides is 3. The van der Waals surface area contributed by atoms with Crippen LogP contribution in [0.5, 0.6) is 0 Å². The van der Waals surface area contributed by atoms with Crippen LogP contribution in [0.1, 0.15) is 25.7 Å². The number of halogens is 4. The number of nitrogens with two attached hydrogens (primary N) is 1. The van der Waals surface area contributed by atoms with E-state index in [-0.39, 0.29) is 24.4 Å². The summed E-state index contributed by atoms with van der Waals surface area (Å²) in [6, 6.07) is -0.0552. The molecule has 0 aliphatic heterocycles. The van der Waals surface area contributed by atoms with Crippen molar-refractivity contribution in [3.05, 3.63) is 0 Å². The van der Waals surface area contributed by atoms with Gasteiger partial charge >= 0.3 is 6.18 Å². The van der Waals surface area contributed by atoms with E-state index in [1.807, 2.05) is 5.32 Å². The van der Waals surface area contributed by atoms with Gasteiger partial charge in [0.15, 0.2) is 0 Å². The molecule has 0 aromatic carbocycles. The van der Waals surface area contributed by atoms with Gasteiger partial charge in [-0.15, -0.1) is 12.4 Å². The van der Waals surface area contributed by atoms with Crippen molar-refractivity contribution in [1.29, 1.82) is 0 Å². The first kappa shape index (κ1) is 15.5. The quantitative estimate of drug-likeness (QED) is 0.792. The van der Waals surface area contributed by atoms with Gasteiger partial charge in [-0.25, -0.2) is 0 Å². The summed E-state index contributed by atoms with van der Waals surface area (Å²) < 4.78 is 35.5. The van der Waals surface area contributed by atoms with Crippen LogP contribution in [0, 0.1) is 5.92 Å². The van der Waals surface area contributed by atoms with Gasteiger partial charge in [-0.1, -0.05) is 6.42 Å². The van der Waals surface area contributed by atoms with E-state index in [0.29, 0.717) is 12.8 Å². The molecule has 0 saturated heterocycles. The number of carbonyl (C=O) groups excluding carboxylic acids is 1. The molecule has 0 bridgehead atoms. The lowest BCUT2D eigenvalue weighted by atomic mass is 9.85. The SMILES string of the molecule is Cl.NC1CCCC(C(=O)NCC(F)(F)F)C1. The highest BCUT2D eigenvalue weighted by Crippen LogP contribution is 2.23. The van der Waals surface area contributed by atoms with E-state index in [1.165, 1.54) is 0 Å². The van der Waals surface area contributed by atoms with Gasteiger partial charge in [0, 0.05) is 12.0 Å². The van der Waals surface area contributed by atoms with Crippen molar-refractivity contribution in [2.75, 3.05) is 6.54 Å². The van der Waals surface area contributed by atoms with E-state index in [9.17, 15) is 18.0 Å². The zero-order valence-corrected chi connectivity index (χ0v) is 9.53. The maximum atomic E-state index is 11.8. The molecule has 16 heavy (non-hydrogen) atoms. The highest BCUT2D eigenvalue weighted by molar-refractivity contribution is 5.85. The molecule has 0 aromatic heterocycles. The lowest BCUT2D eigenvalue weighted by molar-refractivity contribution is -0.141. The Morgan fingerprint density at radius 3 is 2.50 bits per heavy atom. The molecule has 96 valence electrons. The fourth-order valence-corrected chi connectivity index (χ4v) is 1.80. The highest BCUT2D eigenvalue weighted by atomic mass is 35.5. The van der Waals surface area contributed by atoms with Crippen molar-refractivity contribution >= 4 is 18.3 Å². The third kappa shape index (κ3) is 5.55. The Labute approximate surface area is 98.4 Å². The summed E-state index contributed by atoms with van der Waals surface area (Å²) in [5.74, 6) is -0.876. The van der Waals surface area contributed by atoms with Crippen molar-refractivity contribution in [3.63, 3.8) is 0 Å². The van der Waals surface area contributed by atoms with Gasteiger partial charge in [-0.05, 0) is 19.3 Å². The normalized spacial score (nSPS) is 25.8. The van der Waals surface area contributed by atoms with Crippen LogP contribution in [0.4, 0.5) is 13.2 Å². The second-order valence-electron chi connectivity index (χ2n) is 3.96. The maximum absolute atomic E-state index is 11.8. The van der Waals surface area contributed by atoms with Crippen molar-refractivity contribution < 1.29 is 18.0 Å². The van der Waals surface area contributed by atoms with Crippen LogP contribution in [0.3, 0.4) is 0 Å². The van der Waals surface area contributed by atoms with Crippen LogP contribution in [-0.4, -0.2) is 24.7 Å². The van der Waals surface area contributed by atoms with E-state index in [0.717, 1.165) is 12.8 Å². The van der Waals surface area contributed by atoms with E-state index in [4.69, 9.17) is 5.73 Å². The Kier molecular flexibility index (Phi) is 6.10. The minimum Gasteiger partial charge on any atom is -0.347 e. The summed E-state index contributed by atoms with van der Waals surface area (Å²) in [5.41, 5.74) is 5.64. The summed E-state index contributed by atoms with van der Waals surface area (Å²) in [4.78, 5) is 11.3. The van der Waals surface area contributed by atoms with Crippen molar-refractivity contribution in [1.82, 2.24) is 5.32 Å². The fraction of sp³-hybridized carbons (Fsp3) is 0.889. The number of amides is 1. The molecule has 2 unspecified atom stereocenters. The minimum absolute atomic E-state index is 0. The predicted molar refractivity (Wildman–Crippen MR) is 56.2 cm³/mol. The smallest absolute Gasteiger partial charge is 0.347 e. The molecule has 2 atom stereocenters. The lowest BCUT2D eigenvalue weighted by Crippen LogP contribution is -2.41. The Balaban J connectivity index is 0.00000225. The fourth-order valence-electron chi connectivity index (χ4n) is 1.80. The van der Waals surface area contributed by atoms with Gasteiger partial charge < -0.3 is 11.1 Å². The second-order valence-corrected chi connectivity index (χ2v) is 3.96. The van der Waals surface area contributed by atoms with Crippen LogP contribution in [0.15, 0.2) is 0 Å². The number of nitrogens with one attached hydrogen (secondary N) is 1. The summed E-state index contributed by atoms with van der Waals surface area (Å²) in [6.45, 7) is -1.25. The van der Waals surface area contributed by atoms with Gasteiger partial charge in [0.2, 0.25) is 5.91 Å². The van der Waals surface area contributed by atoms with E-state index in [2.05, 4.69) is 0 Å². The van der Waals surface area contributed by atoms with E-state index >= 15 is 0 Å². The molecule has 1 aliphatic rings. The van der Waals surface area contributed by atoms with Crippen LogP contribution in [0.2, 0.25) is 0 Å². The second kappa shape index (κ2) is 6.30. The van der Waals surface area contributed by atoms with Crippen molar-refractivity contribution in [3.8, 4) is 0 Å². The molecule has 1 fully saturated rings. The molecule has 0 spiro atoms. The molecule has 1 saturated carbocycles. The first-order valence-corrected chi connectivity index (χ1v) is 4.98. The molecule has 3 N–H and O–H groups in total. The summed E-state index contributed by atoms with van der Waals surface area (Å²) in [5, 5.41) is 1.89. The van der Waals surface area contributed by atoms with Crippen LogP contribution in [-0.2, 0) is 4.79 Å². The van der Waals surface area contributed by atoms with Gasteiger partial charge in [-0.2, -0.15) is 13.2 Å². The van der Waals surface area contributed by atoms with E-state index < -0.39 is 18.6 Å². The van der Waals surface area contributed by atoms with Gasteiger partial charge in [-0.3, -0.25) is 4.79 Å². The largest absolute Gasteiger partial charge is 0.405 e. The molecular formula is C9H16ClF3N2O. The average Bonchev–Trinajstić information content (AvgIpc) is 2.13. The molecule has 0 aromatic rings. The summed E-state index contributed by atoms with van der Waals surface area (Å²) in [7, 11) is 0. The molecule has 1 rings (SSSR count). The van der Waals surface area contributed by atoms with Crippen LogP contribution >= 0.6 is 12.4 Å². The van der Waals surface area contributed by atoms with Crippen LogP contribution in [0.25, 0.3) is 0 Å². The first-order chi connectivity index (χ1) is 6.88. The Morgan fingerprint density at radius 2 is 2.00 bits per heavy atom. The van der Waals surface area contributed by atoms with Crippen molar-refractivity contribution in [2.45, 2.75) is 37.9 Å². The molecule has 0 radical (unpaired) electrons. The monoisotopic (exact) mass is 260 g/mol. The average molecular weight is 261 g/mol. The third-order valence-electron chi connectivity index (χ3n) is 2.55. The van der Waals surface area contributed by atoms with E-state index in [1.54, 1.807) is 0 Å². The molecule has 1 aliphatic carbocycles. The lowest BCUT2D eigenvalue weighted by Gasteiger charge is -2.25. The summed E-state index contributed by atoms with van der Waals surface area (Å²) >= 11 is 0. The Hall–Kier alpha value is -0.490. The van der Waals surface area contributed by atoms with Gasteiger partial charge in [0.05, 0.1) is 0 Å². The number of carbonyl (C=O) groups is 1. The predicted octanol–water partition coefficient (Wildman–Crippen LogP) is 1.60. The zero-order valence-electron chi connectivity index (χ0n) is 8.72. The molecule has 7 heteroatoms. The van der Waals surface area contributed by atoms with Gasteiger partial charge in [0.1, 0.15) is 6.54 Å². The Morgan fingerprint density at radius 1 is 1.38 bits per heavy atom. The van der Waals surface area contributed by atoms with Crippen LogP contribution < -0.4 is 11.1 Å². The minimum atomic E-state index is -4.34. The van der Waals surface area contributed by atoms with Gasteiger partial charge in [0.25, 0.3) is 0 Å². The zero-order chi connectivity index (χ0) is 11.5. The molecule has 1 amide bonds. The highest BCUT2D eigenvalue weighted by Gasteiger charge is 2.31. The maximum Gasteiger partial charge on any atom is 0.405 e. The number of hydrogen-bond acceptors (Lipinski definition) is 2. The third-order valence-corrected chi connectivity index (χ3v) is 2.55. The molecular weight excluding hydrogens is 245 g/mol. The van der Waals surface area contributed by atoms with Crippen molar-refractivity contribution in [2.24, 2.45) is 11.7 Å². The number of rotatable bonds is 2. The first-order valence-electron chi connectivity index (χ1n) is 4.98. The Bertz CT molecular complexity index is 235. The topological polar surface area (TPSA) is 55.1 Å².